The fraction of sp³-hybridized carbons (Fsp3) is 0.632. The van der Waals surface area contributed by atoms with Crippen LogP contribution in [0, 0.1) is 5.92 Å². The number of likely N-dealkylation sites (tertiary alicyclic amines) is 1. The zero-order chi connectivity index (χ0) is 16.4. The molecule has 1 N–H and O–H groups in total. The van der Waals surface area contributed by atoms with Gasteiger partial charge in [0.05, 0.1) is 6.10 Å². The molecular weight excluding hydrogens is 288 g/mol. The average Bonchev–Trinajstić information content (AvgIpc) is 2.97. The van der Waals surface area contributed by atoms with Crippen LogP contribution in [0.4, 0.5) is 5.69 Å². The highest BCUT2D eigenvalue weighted by atomic mass is 16.3. The van der Waals surface area contributed by atoms with E-state index in [0.717, 1.165) is 56.2 Å². The van der Waals surface area contributed by atoms with Crippen LogP contribution in [-0.4, -0.2) is 42.1 Å². The molecule has 0 bridgehead atoms. The number of hydrogen-bond acceptors (Lipinski definition) is 3. The molecule has 1 fully saturated rings. The number of carbonyl (C=O) groups is 1. The number of aliphatic hydroxyl groups is 1. The van der Waals surface area contributed by atoms with Gasteiger partial charge in [-0.1, -0.05) is 19.1 Å². The quantitative estimate of drug-likeness (QED) is 0.929. The Morgan fingerprint density at radius 2 is 2.04 bits per heavy atom. The van der Waals surface area contributed by atoms with E-state index in [-0.39, 0.29) is 5.91 Å². The van der Waals surface area contributed by atoms with E-state index in [2.05, 4.69) is 17.9 Å². The molecule has 3 rings (SSSR count). The minimum atomic E-state index is -0.411. The second-order valence-corrected chi connectivity index (χ2v) is 7.14. The molecule has 23 heavy (non-hydrogen) atoms. The summed E-state index contributed by atoms with van der Waals surface area (Å²) in [6.45, 7) is 7.97. The minimum absolute atomic E-state index is 0.0939. The average molecular weight is 316 g/mol. The van der Waals surface area contributed by atoms with E-state index in [9.17, 15) is 9.90 Å². The van der Waals surface area contributed by atoms with Crippen LogP contribution in [0.1, 0.15) is 50.3 Å². The van der Waals surface area contributed by atoms with E-state index in [0.29, 0.717) is 0 Å². The van der Waals surface area contributed by atoms with E-state index in [1.807, 2.05) is 17.0 Å². The van der Waals surface area contributed by atoms with Gasteiger partial charge >= 0.3 is 0 Å². The first-order valence-corrected chi connectivity index (χ1v) is 8.86. The molecule has 1 aromatic carbocycles. The van der Waals surface area contributed by atoms with Crippen LogP contribution >= 0.6 is 0 Å². The zero-order valence-electron chi connectivity index (χ0n) is 14.3. The number of hydrogen-bond donors (Lipinski definition) is 1. The molecule has 1 unspecified atom stereocenters. The van der Waals surface area contributed by atoms with Crippen LogP contribution in [0.3, 0.4) is 0 Å². The number of aliphatic hydroxyl groups excluding tert-OH is 1. The normalized spacial score (nSPS) is 20.6. The predicted octanol–water partition coefficient (Wildman–Crippen LogP) is 2.75. The van der Waals surface area contributed by atoms with Gasteiger partial charge in [-0.15, -0.1) is 0 Å². The molecule has 1 saturated heterocycles. The Balaban J connectivity index is 1.58. The third-order valence-electron chi connectivity index (χ3n) is 5.36. The fourth-order valence-corrected chi connectivity index (χ4v) is 3.71. The van der Waals surface area contributed by atoms with Crippen molar-refractivity contribution >= 4 is 11.6 Å². The maximum absolute atomic E-state index is 11.6. The molecule has 2 aliphatic rings. The predicted molar refractivity (Wildman–Crippen MR) is 92.6 cm³/mol. The first-order chi connectivity index (χ1) is 11.0. The molecule has 1 atom stereocenters. The number of fused-ring (bicyclic) bond motifs is 1. The Morgan fingerprint density at radius 3 is 2.74 bits per heavy atom. The summed E-state index contributed by atoms with van der Waals surface area (Å²) < 4.78 is 0. The van der Waals surface area contributed by atoms with Crippen LogP contribution in [0.15, 0.2) is 18.2 Å². The van der Waals surface area contributed by atoms with Crippen molar-refractivity contribution in [3.05, 3.63) is 29.3 Å². The smallest absolute Gasteiger partial charge is 0.223 e. The van der Waals surface area contributed by atoms with Gasteiger partial charge < -0.3 is 14.9 Å². The van der Waals surface area contributed by atoms with E-state index in [1.54, 1.807) is 6.92 Å². The van der Waals surface area contributed by atoms with Gasteiger partial charge in [0.2, 0.25) is 5.91 Å². The summed E-state index contributed by atoms with van der Waals surface area (Å²) in [5, 5.41) is 10.5. The number of benzene rings is 1. The molecular formula is C19H28N2O2. The molecule has 0 saturated carbocycles. The van der Waals surface area contributed by atoms with Crippen LogP contribution in [0.5, 0.6) is 0 Å². The summed E-state index contributed by atoms with van der Waals surface area (Å²) in [6, 6.07) is 6.05. The van der Waals surface area contributed by atoms with Gasteiger partial charge in [0.25, 0.3) is 0 Å². The van der Waals surface area contributed by atoms with E-state index < -0.39 is 6.10 Å². The van der Waals surface area contributed by atoms with Gasteiger partial charge in [-0.05, 0) is 61.9 Å². The Morgan fingerprint density at radius 1 is 1.30 bits per heavy atom. The highest BCUT2D eigenvalue weighted by molar-refractivity contribution is 5.93. The Labute approximate surface area is 139 Å². The van der Waals surface area contributed by atoms with E-state index in [1.165, 1.54) is 18.4 Å². The van der Waals surface area contributed by atoms with Gasteiger partial charge in [-0.25, -0.2) is 0 Å². The Hall–Kier alpha value is -1.39. The number of piperidine rings is 1. The van der Waals surface area contributed by atoms with Gasteiger partial charge in [0, 0.05) is 25.7 Å². The van der Waals surface area contributed by atoms with Gasteiger partial charge in [-0.3, -0.25) is 4.79 Å². The minimum Gasteiger partial charge on any atom is -0.388 e. The van der Waals surface area contributed by atoms with Crippen LogP contribution in [-0.2, 0) is 11.2 Å². The SMILES string of the molecule is CC(=O)N1CCc2cc(C(O)CCN3CCC(C)CC3)ccc21. The van der Waals surface area contributed by atoms with Crippen molar-refractivity contribution in [3.8, 4) is 0 Å². The van der Waals surface area contributed by atoms with Crippen molar-refractivity contribution in [1.82, 2.24) is 4.90 Å². The van der Waals surface area contributed by atoms with Crippen molar-refractivity contribution in [3.63, 3.8) is 0 Å². The summed E-state index contributed by atoms with van der Waals surface area (Å²) in [5.74, 6) is 0.938. The lowest BCUT2D eigenvalue weighted by atomic mass is 9.98. The lowest BCUT2D eigenvalue weighted by Crippen LogP contribution is -2.34. The molecule has 4 nitrogen and oxygen atoms in total. The fourth-order valence-electron chi connectivity index (χ4n) is 3.71. The summed E-state index contributed by atoms with van der Waals surface area (Å²) >= 11 is 0. The maximum Gasteiger partial charge on any atom is 0.223 e. The van der Waals surface area contributed by atoms with Crippen LogP contribution in [0.25, 0.3) is 0 Å². The zero-order valence-corrected chi connectivity index (χ0v) is 14.3. The molecule has 126 valence electrons. The molecule has 1 amide bonds. The molecule has 1 aromatic rings. The third-order valence-corrected chi connectivity index (χ3v) is 5.36. The molecule has 0 aromatic heterocycles. The van der Waals surface area contributed by atoms with Crippen molar-refractivity contribution in [2.45, 2.75) is 45.6 Å². The molecule has 2 aliphatic heterocycles. The standard InChI is InChI=1S/C19H28N2O2/c1-14-5-9-20(10-6-14)11-8-19(23)17-3-4-18-16(13-17)7-12-21(18)15(2)22/h3-4,13-14,19,23H,5-12H2,1-2H3. The van der Waals surface area contributed by atoms with E-state index >= 15 is 0 Å². The first kappa shape index (κ1) is 16.5. The molecule has 0 radical (unpaired) electrons. The van der Waals surface area contributed by atoms with Crippen LogP contribution in [0.2, 0.25) is 0 Å². The number of nitrogens with zero attached hydrogens (tertiary/aromatic N) is 2. The third kappa shape index (κ3) is 3.75. The lowest BCUT2D eigenvalue weighted by molar-refractivity contribution is -0.116. The number of rotatable bonds is 4. The lowest BCUT2D eigenvalue weighted by Gasteiger charge is -2.30. The van der Waals surface area contributed by atoms with Crippen molar-refractivity contribution in [2.75, 3.05) is 31.1 Å². The largest absolute Gasteiger partial charge is 0.388 e. The van der Waals surface area contributed by atoms with Gasteiger partial charge in [0.1, 0.15) is 0 Å². The van der Waals surface area contributed by atoms with Gasteiger partial charge in [0.15, 0.2) is 0 Å². The Bertz CT molecular complexity index is 564. The number of carbonyl (C=O) groups excluding carboxylic acids is 1. The summed E-state index contributed by atoms with van der Waals surface area (Å²) in [4.78, 5) is 15.9. The van der Waals surface area contributed by atoms with Gasteiger partial charge in [-0.2, -0.15) is 0 Å². The summed E-state index contributed by atoms with van der Waals surface area (Å²) in [5.41, 5.74) is 3.18. The van der Waals surface area contributed by atoms with Crippen molar-refractivity contribution < 1.29 is 9.90 Å². The molecule has 0 spiro atoms. The summed E-state index contributed by atoms with van der Waals surface area (Å²) in [6.07, 6.45) is 3.81. The molecule has 0 aliphatic carbocycles. The maximum atomic E-state index is 11.6. The Kier molecular flexibility index (Phi) is 5.02. The topological polar surface area (TPSA) is 43.8 Å². The number of anilines is 1. The summed E-state index contributed by atoms with van der Waals surface area (Å²) in [7, 11) is 0. The van der Waals surface area contributed by atoms with Crippen molar-refractivity contribution in [1.29, 1.82) is 0 Å². The highest BCUT2D eigenvalue weighted by Gasteiger charge is 2.23. The highest BCUT2D eigenvalue weighted by Crippen LogP contribution is 2.31. The monoisotopic (exact) mass is 316 g/mol. The second kappa shape index (κ2) is 7.02. The van der Waals surface area contributed by atoms with Crippen molar-refractivity contribution in [2.24, 2.45) is 5.92 Å². The molecule has 2 heterocycles. The number of amides is 1. The second-order valence-electron chi connectivity index (χ2n) is 7.14. The molecule has 4 heteroatoms. The van der Waals surface area contributed by atoms with E-state index in [4.69, 9.17) is 0 Å². The first-order valence-electron chi connectivity index (χ1n) is 8.86. The van der Waals surface area contributed by atoms with Crippen LogP contribution < -0.4 is 4.90 Å².